The number of urea groups is 1. The van der Waals surface area contributed by atoms with Crippen molar-refractivity contribution in [3.05, 3.63) is 34.3 Å². The van der Waals surface area contributed by atoms with Crippen LogP contribution in [0.4, 0.5) is 4.79 Å². The van der Waals surface area contributed by atoms with Crippen molar-refractivity contribution in [3.8, 4) is 0 Å². The molecule has 6 nitrogen and oxygen atoms in total. The van der Waals surface area contributed by atoms with Gasteiger partial charge in [0.1, 0.15) is 0 Å². The average molecular weight is 345 g/mol. The van der Waals surface area contributed by atoms with Crippen LogP contribution in [0, 0.1) is 0 Å². The lowest BCUT2D eigenvalue weighted by atomic mass is 10.0. The second-order valence-electron chi connectivity index (χ2n) is 4.73. The highest BCUT2D eigenvalue weighted by Gasteiger charge is 2.24. The van der Waals surface area contributed by atoms with Crippen LogP contribution in [-0.2, 0) is 11.3 Å². The number of halogens is 1. The number of nitrogens with one attached hydrogen (secondary N) is 2. The molecular weight excluding hydrogens is 328 g/mol. The summed E-state index contributed by atoms with van der Waals surface area (Å²) in [5, 5.41) is 23.4. The predicted molar refractivity (Wildman–Crippen MR) is 77.3 cm³/mol. The molecule has 0 fully saturated rings. The minimum absolute atomic E-state index is 0.135. The average Bonchev–Trinajstić information content (AvgIpc) is 2.32. The van der Waals surface area contributed by atoms with Crippen LogP contribution in [0.3, 0.4) is 0 Å². The van der Waals surface area contributed by atoms with Crippen LogP contribution in [-0.4, -0.2) is 34.4 Å². The number of hydrogen-bond donors (Lipinski definition) is 4. The number of carbonyl (C=O) groups is 2. The Morgan fingerprint density at radius 3 is 2.65 bits per heavy atom. The van der Waals surface area contributed by atoms with Gasteiger partial charge in [0, 0.05) is 17.6 Å². The second kappa shape index (κ2) is 7.25. The number of carbonyl (C=O) groups excluding carboxylic acids is 1. The SMILES string of the molecule is CC(O)(CNC(=O)NCc1cccc(Br)c1)CC(=O)O. The fourth-order valence-electron chi connectivity index (χ4n) is 1.55. The number of carboxylic acids is 1. The number of benzene rings is 1. The minimum Gasteiger partial charge on any atom is -0.481 e. The molecule has 0 aromatic heterocycles. The molecule has 0 spiro atoms. The van der Waals surface area contributed by atoms with Crippen LogP contribution < -0.4 is 10.6 Å². The maximum Gasteiger partial charge on any atom is 0.315 e. The van der Waals surface area contributed by atoms with Crippen LogP contribution in [0.15, 0.2) is 28.7 Å². The van der Waals surface area contributed by atoms with Crippen LogP contribution in [0.25, 0.3) is 0 Å². The number of hydrogen-bond acceptors (Lipinski definition) is 3. The summed E-state index contributed by atoms with van der Waals surface area (Å²) < 4.78 is 0.918. The fourth-order valence-corrected chi connectivity index (χ4v) is 2.00. The molecule has 20 heavy (non-hydrogen) atoms. The van der Waals surface area contributed by atoms with Crippen molar-refractivity contribution in [2.45, 2.75) is 25.5 Å². The molecule has 1 unspecified atom stereocenters. The Balaban J connectivity index is 2.35. The van der Waals surface area contributed by atoms with Crippen molar-refractivity contribution in [3.63, 3.8) is 0 Å². The molecule has 1 atom stereocenters. The molecule has 7 heteroatoms. The molecule has 1 aromatic carbocycles. The Morgan fingerprint density at radius 2 is 2.05 bits per heavy atom. The molecule has 0 saturated heterocycles. The van der Waals surface area contributed by atoms with Gasteiger partial charge in [0.15, 0.2) is 0 Å². The van der Waals surface area contributed by atoms with Crippen molar-refractivity contribution in [1.29, 1.82) is 0 Å². The first-order chi connectivity index (χ1) is 9.28. The Kier molecular flexibility index (Phi) is 5.97. The zero-order valence-corrected chi connectivity index (χ0v) is 12.6. The van der Waals surface area contributed by atoms with E-state index in [4.69, 9.17) is 5.11 Å². The van der Waals surface area contributed by atoms with Gasteiger partial charge in [-0.15, -0.1) is 0 Å². The van der Waals surface area contributed by atoms with Crippen LogP contribution >= 0.6 is 15.9 Å². The van der Waals surface area contributed by atoms with Gasteiger partial charge in [-0.25, -0.2) is 4.79 Å². The first-order valence-electron chi connectivity index (χ1n) is 5.99. The maximum absolute atomic E-state index is 11.5. The quantitative estimate of drug-likeness (QED) is 0.628. The molecule has 0 heterocycles. The molecular formula is C13H17BrN2O4. The first kappa shape index (κ1) is 16.5. The molecule has 0 aliphatic carbocycles. The lowest BCUT2D eigenvalue weighted by Crippen LogP contribution is -2.45. The molecule has 0 saturated carbocycles. The van der Waals surface area contributed by atoms with Crippen molar-refractivity contribution < 1.29 is 19.8 Å². The summed E-state index contributed by atoms with van der Waals surface area (Å²) in [5.74, 6) is -1.12. The summed E-state index contributed by atoms with van der Waals surface area (Å²) >= 11 is 3.33. The zero-order chi connectivity index (χ0) is 15.2. The molecule has 1 aromatic rings. The first-order valence-corrected chi connectivity index (χ1v) is 6.78. The van der Waals surface area contributed by atoms with Gasteiger partial charge in [-0.2, -0.15) is 0 Å². The van der Waals surface area contributed by atoms with E-state index in [0.717, 1.165) is 10.0 Å². The van der Waals surface area contributed by atoms with E-state index >= 15 is 0 Å². The number of aliphatic hydroxyl groups is 1. The largest absolute Gasteiger partial charge is 0.481 e. The van der Waals surface area contributed by atoms with Gasteiger partial charge in [-0.05, 0) is 24.6 Å². The monoisotopic (exact) mass is 344 g/mol. The topological polar surface area (TPSA) is 98.7 Å². The van der Waals surface area contributed by atoms with E-state index in [9.17, 15) is 14.7 Å². The predicted octanol–water partition coefficient (Wildman–Crippen LogP) is 1.47. The van der Waals surface area contributed by atoms with Crippen LogP contribution in [0.5, 0.6) is 0 Å². The molecule has 0 bridgehead atoms. The molecule has 4 N–H and O–H groups in total. The normalized spacial score (nSPS) is 13.3. The van der Waals surface area contributed by atoms with Crippen molar-refractivity contribution >= 4 is 27.9 Å². The van der Waals surface area contributed by atoms with Crippen LogP contribution in [0.2, 0.25) is 0 Å². The molecule has 0 aliphatic rings. The standard InChI is InChI=1S/C13H17BrN2O4/c1-13(20,6-11(17)18)8-16-12(19)15-7-9-3-2-4-10(14)5-9/h2-5,20H,6-8H2,1H3,(H,17,18)(H2,15,16,19). The van der Waals surface area contributed by atoms with E-state index < -0.39 is 24.0 Å². The number of carboxylic acid groups (broad SMARTS) is 1. The van der Waals surface area contributed by atoms with E-state index in [1.807, 2.05) is 24.3 Å². The Hall–Kier alpha value is -1.60. The summed E-state index contributed by atoms with van der Waals surface area (Å²) in [6, 6.07) is 7.02. The van der Waals surface area contributed by atoms with Gasteiger partial charge in [0.25, 0.3) is 0 Å². The Bertz CT molecular complexity index is 491. The zero-order valence-electron chi connectivity index (χ0n) is 11.0. The summed E-state index contributed by atoms with van der Waals surface area (Å²) in [4.78, 5) is 22.1. The van der Waals surface area contributed by atoms with E-state index in [0.29, 0.717) is 6.54 Å². The van der Waals surface area contributed by atoms with Crippen LogP contribution in [0.1, 0.15) is 18.9 Å². The highest BCUT2D eigenvalue weighted by molar-refractivity contribution is 9.10. The van der Waals surface area contributed by atoms with Gasteiger partial charge >= 0.3 is 12.0 Å². The lowest BCUT2D eigenvalue weighted by molar-refractivity contribution is -0.141. The van der Waals surface area contributed by atoms with Gasteiger partial charge in [-0.1, -0.05) is 28.1 Å². The fraction of sp³-hybridized carbons (Fsp3) is 0.385. The van der Waals surface area contributed by atoms with E-state index in [1.54, 1.807) is 0 Å². The van der Waals surface area contributed by atoms with Gasteiger partial charge < -0.3 is 20.8 Å². The lowest BCUT2D eigenvalue weighted by Gasteiger charge is -2.21. The third-order valence-electron chi connectivity index (χ3n) is 2.50. The molecule has 110 valence electrons. The van der Waals surface area contributed by atoms with E-state index in [-0.39, 0.29) is 6.54 Å². The molecule has 1 rings (SSSR count). The highest BCUT2D eigenvalue weighted by Crippen LogP contribution is 2.11. The van der Waals surface area contributed by atoms with Gasteiger partial charge in [0.2, 0.25) is 0 Å². The Morgan fingerprint density at radius 1 is 1.35 bits per heavy atom. The molecule has 0 aliphatic heterocycles. The summed E-state index contributed by atoms with van der Waals surface area (Å²) in [6.45, 7) is 1.56. The highest BCUT2D eigenvalue weighted by atomic mass is 79.9. The summed E-state index contributed by atoms with van der Waals surface area (Å²) in [6.07, 6.45) is -0.432. The van der Waals surface area contributed by atoms with E-state index in [1.165, 1.54) is 6.92 Å². The van der Waals surface area contributed by atoms with Crippen molar-refractivity contribution in [2.75, 3.05) is 6.54 Å². The molecule has 2 amide bonds. The summed E-state index contributed by atoms with van der Waals surface area (Å²) in [7, 11) is 0. The third-order valence-corrected chi connectivity index (χ3v) is 3.00. The number of rotatable bonds is 6. The number of aliphatic carboxylic acids is 1. The maximum atomic E-state index is 11.5. The second-order valence-corrected chi connectivity index (χ2v) is 5.65. The van der Waals surface area contributed by atoms with Crippen molar-refractivity contribution in [1.82, 2.24) is 10.6 Å². The van der Waals surface area contributed by atoms with Gasteiger partial charge in [0.05, 0.1) is 12.0 Å². The third kappa shape index (κ3) is 6.53. The van der Waals surface area contributed by atoms with Crippen molar-refractivity contribution in [2.24, 2.45) is 0 Å². The van der Waals surface area contributed by atoms with Gasteiger partial charge in [-0.3, -0.25) is 4.79 Å². The smallest absolute Gasteiger partial charge is 0.315 e. The number of amides is 2. The summed E-state index contributed by atoms with van der Waals surface area (Å²) in [5.41, 5.74) is -0.550. The Labute approximate surface area is 125 Å². The minimum atomic E-state index is -1.47. The van der Waals surface area contributed by atoms with E-state index in [2.05, 4.69) is 26.6 Å². The molecule has 0 radical (unpaired) electrons.